The van der Waals surface area contributed by atoms with E-state index >= 15 is 0 Å². The molecule has 0 bridgehead atoms. The van der Waals surface area contributed by atoms with Crippen molar-refractivity contribution in [1.82, 2.24) is 10.6 Å². The number of carbonyl (C=O) groups is 3. The molecular formula is C17H24N2O4. The maximum Gasteiger partial charge on any atom is 0.305 e. The van der Waals surface area contributed by atoms with Crippen LogP contribution >= 0.6 is 0 Å². The lowest BCUT2D eigenvalue weighted by molar-refractivity contribution is -0.136. The Balaban J connectivity index is 2.48. The fourth-order valence-electron chi connectivity index (χ4n) is 2.15. The Morgan fingerprint density at radius 3 is 2.17 bits per heavy atom. The van der Waals surface area contributed by atoms with E-state index in [9.17, 15) is 14.4 Å². The van der Waals surface area contributed by atoms with E-state index in [0.717, 1.165) is 18.4 Å². The lowest BCUT2D eigenvalue weighted by atomic mass is 10.0. The molecule has 0 heterocycles. The van der Waals surface area contributed by atoms with Crippen molar-refractivity contribution in [1.29, 1.82) is 0 Å². The first-order chi connectivity index (χ1) is 11.0. The average Bonchev–Trinajstić information content (AvgIpc) is 2.54. The molecule has 0 aliphatic rings. The maximum absolute atomic E-state index is 11.9. The molecule has 0 aromatic heterocycles. The number of nitrogens with one attached hydrogen (secondary N) is 2. The first-order valence-corrected chi connectivity index (χ1v) is 7.84. The minimum absolute atomic E-state index is 0.0364. The predicted molar refractivity (Wildman–Crippen MR) is 86.9 cm³/mol. The van der Waals surface area contributed by atoms with Gasteiger partial charge in [0.15, 0.2) is 0 Å². The first-order valence-electron chi connectivity index (χ1n) is 7.84. The summed E-state index contributed by atoms with van der Waals surface area (Å²) in [6, 6.07) is 6.88. The fraction of sp³-hybridized carbons (Fsp3) is 0.471. The van der Waals surface area contributed by atoms with Crippen LogP contribution in [0.25, 0.3) is 0 Å². The van der Waals surface area contributed by atoms with Crippen LogP contribution in [-0.2, 0) is 16.1 Å². The highest BCUT2D eigenvalue weighted by atomic mass is 16.4. The van der Waals surface area contributed by atoms with Gasteiger partial charge in [-0.2, -0.15) is 0 Å². The van der Waals surface area contributed by atoms with Crippen molar-refractivity contribution in [3.05, 3.63) is 35.4 Å². The van der Waals surface area contributed by atoms with Crippen molar-refractivity contribution in [2.75, 3.05) is 6.54 Å². The van der Waals surface area contributed by atoms with E-state index < -0.39 is 5.97 Å². The molecule has 1 aromatic rings. The first kappa shape index (κ1) is 18.7. The predicted octanol–water partition coefficient (Wildman–Crippen LogP) is 1.94. The lowest BCUT2D eigenvalue weighted by Crippen LogP contribution is -2.29. The van der Waals surface area contributed by atoms with Gasteiger partial charge in [-0.15, -0.1) is 0 Å². The van der Waals surface area contributed by atoms with Gasteiger partial charge in [0.05, 0.1) is 6.42 Å². The van der Waals surface area contributed by atoms with E-state index in [2.05, 4.69) is 10.6 Å². The Labute approximate surface area is 136 Å². The van der Waals surface area contributed by atoms with Crippen LogP contribution in [0.15, 0.2) is 24.3 Å². The molecule has 0 unspecified atom stereocenters. The summed E-state index contributed by atoms with van der Waals surface area (Å²) in [6.45, 7) is 4.51. The number of carboxylic acid groups (broad SMARTS) is 1. The molecule has 0 saturated heterocycles. The van der Waals surface area contributed by atoms with E-state index in [1.165, 1.54) is 0 Å². The van der Waals surface area contributed by atoms with Gasteiger partial charge in [0, 0.05) is 24.6 Å². The molecule has 1 rings (SSSR count). The summed E-state index contributed by atoms with van der Waals surface area (Å²) in [5.74, 6) is -1.17. The van der Waals surface area contributed by atoms with Crippen LogP contribution in [0, 0.1) is 5.92 Å². The van der Waals surface area contributed by atoms with Crippen molar-refractivity contribution >= 4 is 17.8 Å². The smallest absolute Gasteiger partial charge is 0.305 e. The second-order valence-electron chi connectivity index (χ2n) is 5.33. The topological polar surface area (TPSA) is 95.5 Å². The molecule has 6 heteroatoms. The number of aliphatic carboxylic acids is 1. The molecule has 23 heavy (non-hydrogen) atoms. The van der Waals surface area contributed by atoms with Crippen LogP contribution < -0.4 is 10.6 Å². The molecule has 2 amide bonds. The van der Waals surface area contributed by atoms with Gasteiger partial charge in [-0.3, -0.25) is 14.4 Å². The Morgan fingerprint density at radius 2 is 1.65 bits per heavy atom. The van der Waals surface area contributed by atoms with Crippen LogP contribution in [0.4, 0.5) is 0 Å². The van der Waals surface area contributed by atoms with Gasteiger partial charge >= 0.3 is 5.97 Å². The van der Waals surface area contributed by atoms with Gasteiger partial charge in [0.25, 0.3) is 5.91 Å². The largest absolute Gasteiger partial charge is 0.481 e. The molecule has 1 aromatic carbocycles. The van der Waals surface area contributed by atoms with Gasteiger partial charge in [0.1, 0.15) is 0 Å². The van der Waals surface area contributed by atoms with E-state index in [1.807, 2.05) is 13.8 Å². The van der Waals surface area contributed by atoms with Gasteiger partial charge in [-0.1, -0.05) is 26.0 Å². The molecule has 126 valence electrons. The Hall–Kier alpha value is -2.37. The number of rotatable bonds is 9. The van der Waals surface area contributed by atoms with Crippen molar-refractivity contribution < 1.29 is 19.5 Å². The van der Waals surface area contributed by atoms with Crippen LogP contribution in [0.3, 0.4) is 0 Å². The van der Waals surface area contributed by atoms with E-state index in [4.69, 9.17) is 5.11 Å². The quantitative estimate of drug-likeness (QED) is 0.648. The SMILES string of the molecule is CCC(CC)C(=O)NCc1ccc(C(=O)NCCC(=O)O)cc1. The normalized spacial score (nSPS) is 10.4. The number of carboxylic acids is 1. The number of amides is 2. The summed E-state index contributed by atoms with van der Waals surface area (Å²) < 4.78 is 0. The molecule has 0 aliphatic heterocycles. The van der Waals surface area contributed by atoms with Gasteiger partial charge < -0.3 is 15.7 Å². The highest BCUT2D eigenvalue weighted by molar-refractivity contribution is 5.94. The minimum atomic E-state index is -0.950. The zero-order chi connectivity index (χ0) is 17.2. The van der Waals surface area contributed by atoms with E-state index in [-0.39, 0.29) is 30.7 Å². The molecule has 0 spiro atoms. The van der Waals surface area contributed by atoms with E-state index in [1.54, 1.807) is 24.3 Å². The van der Waals surface area contributed by atoms with Crippen molar-refractivity contribution in [2.24, 2.45) is 5.92 Å². The number of hydrogen-bond acceptors (Lipinski definition) is 3. The third kappa shape index (κ3) is 6.50. The van der Waals surface area contributed by atoms with Crippen molar-refractivity contribution in [3.8, 4) is 0 Å². The van der Waals surface area contributed by atoms with Gasteiger partial charge in [0.2, 0.25) is 5.91 Å². The minimum Gasteiger partial charge on any atom is -0.481 e. The fourth-order valence-corrected chi connectivity index (χ4v) is 2.15. The summed E-state index contributed by atoms with van der Waals surface area (Å²) >= 11 is 0. The van der Waals surface area contributed by atoms with Crippen molar-refractivity contribution in [3.63, 3.8) is 0 Å². The summed E-state index contributed by atoms with van der Waals surface area (Å²) in [5, 5.41) is 14.0. The van der Waals surface area contributed by atoms with Crippen LogP contribution in [0.5, 0.6) is 0 Å². The molecule has 0 atom stereocenters. The third-order valence-corrected chi connectivity index (χ3v) is 3.66. The Bertz CT molecular complexity index is 536. The molecule has 6 nitrogen and oxygen atoms in total. The maximum atomic E-state index is 11.9. The zero-order valence-corrected chi connectivity index (χ0v) is 13.6. The molecule has 0 fully saturated rings. The highest BCUT2D eigenvalue weighted by Gasteiger charge is 2.13. The standard InChI is InChI=1S/C17H24N2O4/c1-3-13(4-2)16(22)19-11-12-5-7-14(8-6-12)17(23)18-10-9-15(20)21/h5-8,13H,3-4,9-11H2,1-2H3,(H,18,23)(H,19,22)(H,20,21). The van der Waals surface area contributed by atoms with Crippen LogP contribution in [-0.4, -0.2) is 29.4 Å². The zero-order valence-electron chi connectivity index (χ0n) is 13.6. The van der Waals surface area contributed by atoms with Crippen LogP contribution in [0.2, 0.25) is 0 Å². The molecule has 0 aliphatic carbocycles. The number of hydrogen-bond donors (Lipinski definition) is 3. The third-order valence-electron chi connectivity index (χ3n) is 3.66. The molecule has 0 saturated carbocycles. The lowest BCUT2D eigenvalue weighted by Gasteiger charge is -2.13. The Morgan fingerprint density at radius 1 is 1.04 bits per heavy atom. The van der Waals surface area contributed by atoms with E-state index in [0.29, 0.717) is 12.1 Å². The molecular weight excluding hydrogens is 296 g/mol. The average molecular weight is 320 g/mol. The summed E-state index contributed by atoms with van der Waals surface area (Å²) in [7, 11) is 0. The summed E-state index contributed by atoms with van der Waals surface area (Å²) in [4.78, 5) is 34.1. The summed E-state index contributed by atoms with van der Waals surface area (Å²) in [5.41, 5.74) is 1.37. The van der Waals surface area contributed by atoms with Crippen molar-refractivity contribution in [2.45, 2.75) is 39.7 Å². The Kier molecular flexibility index (Phi) is 7.80. The second kappa shape index (κ2) is 9.61. The highest BCUT2D eigenvalue weighted by Crippen LogP contribution is 2.09. The number of benzene rings is 1. The molecule has 0 radical (unpaired) electrons. The van der Waals surface area contributed by atoms with Crippen LogP contribution in [0.1, 0.15) is 49.0 Å². The molecule has 3 N–H and O–H groups in total. The van der Waals surface area contributed by atoms with Gasteiger partial charge in [-0.05, 0) is 30.5 Å². The monoisotopic (exact) mass is 320 g/mol. The number of carbonyl (C=O) groups excluding carboxylic acids is 2. The second-order valence-corrected chi connectivity index (χ2v) is 5.33. The summed E-state index contributed by atoms with van der Waals surface area (Å²) in [6.07, 6.45) is 1.53. The van der Waals surface area contributed by atoms with Gasteiger partial charge in [-0.25, -0.2) is 0 Å².